The predicted octanol–water partition coefficient (Wildman–Crippen LogP) is 4.38. The van der Waals surface area contributed by atoms with Gasteiger partial charge in [0.2, 0.25) is 0 Å². The van der Waals surface area contributed by atoms with Crippen molar-refractivity contribution in [1.29, 1.82) is 0 Å². The first-order valence-electron chi connectivity index (χ1n) is 14.7. The van der Waals surface area contributed by atoms with Gasteiger partial charge in [-0.25, -0.2) is 9.59 Å². The minimum Gasteiger partial charge on any atom is -0.444 e. The number of ether oxygens (including phenoxy) is 1. The third kappa shape index (κ3) is 7.31. The van der Waals surface area contributed by atoms with Gasteiger partial charge in [0.15, 0.2) is 0 Å². The topological polar surface area (TPSA) is 78.5 Å². The van der Waals surface area contributed by atoms with E-state index in [9.17, 15) is 9.59 Å². The van der Waals surface area contributed by atoms with Gasteiger partial charge in [-0.1, -0.05) is 18.2 Å². The normalized spacial score (nSPS) is 22.2. The smallest absolute Gasteiger partial charge is 0.410 e. The summed E-state index contributed by atoms with van der Waals surface area (Å²) < 4.78 is 5.71. The number of rotatable bonds is 7. The van der Waals surface area contributed by atoms with Crippen molar-refractivity contribution in [2.75, 3.05) is 50.7 Å². The average Bonchev–Trinajstić information content (AvgIpc) is 3.28. The number of hydrogen-bond donors (Lipinski definition) is 0. The number of aromatic nitrogens is 1. The van der Waals surface area contributed by atoms with E-state index in [1.54, 1.807) is 17.2 Å². The van der Waals surface area contributed by atoms with Crippen LogP contribution in [0.25, 0.3) is 0 Å². The quantitative estimate of drug-likeness (QED) is 0.504. The van der Waals surface area contributed by atoms with Gasteiger partial charge in [-0.15, -0.1) is 5.06 Å². The van der Waals surface area contributed by atoms with Crippen LogP contribution in [0.4, 0.5) is 10.5 Å². The standard InChI is InChI=1S/C31H43N5O4/c1-31(2,3)39-30(38)36-23-27-12-7-13-28(36)22-35(27)26-14-15-32-25(21-26)11-8-16-33-17-19-34(20-18-33)40-29(37)24-9-5-4-6-10-24/h4-6,9-10,14-15,21,27-28H,7-8,11-13,16-20,22-23H2,1-3H3. The SMILES string of the molecule is CC(C)(C)OC(=O)N1CC2CCCC1CN2c1ccnc(CCCN2CCN(OC(=O)c3ccccc3)CC2)c1. The second-order valence-electron chi connectivity index (χ2n) is 12.1. The van der Waals surface area contributed by atoms with Crippen LogP contribution in [-0.2, 0) is 16.0 Å². The maximum Gasteiger partial charge on any atom is 0.410 e. The molecule has 0 N–H and O–H groups in total. The Balaban J connectivity index is 1.08. The lowest BCUT2D eigenvalue weighted by Gasteiger charge is -2.45. The first-order valence-corrected chi connectivity index (χ1v) is 14.7. The van der Waals surface area contributed by atoms with Gasteiger partial charge in [0.1, 0.15) is 5.60 Å². The largest absolute Gasteiger partial charge is 0.444 e. The lowest BCUT2D eigenvalue weighted by Crippen LogP contribution is -2.59. The van der Waals surface area contributed by atoms with E-state index in [1.807, 2.05) is 50.1 Å². The fraction of sp³-hybridized carbons (Fsp3) is 0.581. The molecular formula is C31H43N5O4. The highest BCUT2D eigenvalue weighted by molar-refractivity contribution is 5.89. The number of nitrogens with zero attached hydrogens (tertiary/aromatic N) is 5. The Labute approximate surface area is 238 Å². The van der Waals surface area contributed by atoms with E-state index in [4.69, 9.17) is 9.57 Å². The zero-order valence-corrected chi connectivity index (χ0v) is 24.1. The Morgan fingerprint density at radius 3 is 2.48 bits per heavy atom. The molecular weight excluding hydrogens is 506 g/mol. The molecule has 2 bridgehead atoms. The Morgan fingerprint density at radius 2 is 1.73 bits per heavy atom. The molecule has 6 rings (SSSR count). The molecule has 2 atom stereocenters. The van der Waals surface area contributed by atoms with E-state index < -0.39 is 5.60 Å². The van der Waals surface area contributed by atoms with Crippen molar-refractivity contribution in [3.8, 4) is 0 Å². The van der Waals surface area contributed by atoms with E-state index in [1.165, 1.54) is 5.69 Å². The number of pyridine rings is 1. The maximum atomic E-state index is 12.9. The maximum absolute atomic E-state index is 12.9. The van der Waals surface area contributed by atoms with Crippen LogP contribution in [0, 0.1) is 0 Å². The molecule has 0 aliphatic carbocycles. The summed E-state index contributed by atoms with van der Waals surface area (Å²) in [6.45, 7) is 11.5. The van der Waals surface area contributed by atoms with Crippen LogP contribution in [0.15, 0.2) is 48.7 Å². The first kappa shape index (κ1) is 28.4. The minimum atomic E-state index is -0.481. The number of hydrogen-bond acceptors (Lipinski definition) is 8. The fourth-order valence-corrected chi connectivity index (χ4v) is 5.95. The lowest BCUT2D eigenvalue weighted by atomic mass is 10.1. The second kappa shape index (κ2) is 12.6. The van der Waals surface area contributed by atoms with Crippen molar-refractivity contribution >= 4 is 17.7 Å². The Morgan fingerprint density at radius 1 is 0.975 bits per heavy atom. The summed E-state index contributed by atoms with van der Waals surface area (Å²) in [5, 5.41) is 1.77. The summed E-state index contributed by atoms with van der Waals surface area (Å²) in [4.78, 5) is 42.3. The number of fused-ring (bicyclic) bond motifs is 4. The molecule has 4 aliphatic rings. The zero-order valence-electron chi connectivity index (χ0n) is 24.1. The molecule has 0 spiro atoms. The number of benzene rings is 1. The summed E-state index contributed by atoms with van der Waals surface area (Å²) in [6, 6.07) is 14.0. The molecule has 1 amide bonds. The Hall–Kier alpha value is -3.17. The molecule has 4 aliphatic heterocycles. The lowest BCUT2D eigenvalue weighted by molar-refractivity contribution is -0.130. The minimum absolute atomic E-state index is 0.177. The third-order valence-corrected chi connectivity index (χ3v) is 7.99. The van der Waals surface area contributed by atoms with E-state index >= 15 is 0 Å². The number of hydroxylamine groups is 2. The molecule has 4 fully saturated rings. The Kier molecular flexibility index (Phi) is 8.90. The molecule has 5 heterocycles. The molecule has 4 saturated heterocycles. The van der Waals surface area contributed by atoms with Crippen molar-refractivity contribution < 1.29 is 19.2 Å². The van der Waals surface area contributed by atoms with Gasteiger partial charge in [-0.3, -0.25) is 4.98 Å². The number of carbonyl (C=O) groups is 2. The molecule has 1 aromatic carbocycles. The summed E-state index contributed by atoms with van der Waals surface area (Å²) >= 11 is 0. The van der Waals surface area contributed by atoms with Gasteiger partial charge in [-0.05, 0) is 83.7 Å². The highest BCUT2D eigenvalue weighted by Gasteiger charge is 2.40. The van der Waals surface area contributed by atoms with Crippen molar-refractivity contribution in [2.45, 2.75) is 70.6 Å². The van der Waals surface area contributed by atoms with Crippen molar-refractivity contribution in [1.82, 2.24) is 19.8 Å². The summed E-state index contributed by atoms with van der Waals surface area (Å²) in [5.74, 6) is -0.296. The fourth-order valence-electron chi connectivity index (χ4n) is 5.95. The van der Waals surface area contributed by atoms with Gasteiger partial charge in [0, 0.05) is 62.9 Å². The molecule has 1 aromatic heterocycles. The number of carbonyl (C=O) groups excluding carboxylic acids is 2. The van der Waals surface area contributed by atoms with Crippen LogP contribution in [0.3, 0.4) is 0 Å². The summed E-state index contributed by atoms with van der Waals surface area (Å²) in [7, 11) is 0. The Bertz CT molecular complexity index is 1150. The van der Waals surface area contributed by atoms with E-state index in [0.717, 1.165) is 64.0 Å². The van der Waals surface area contributed by atoms with Gasteiger partial charge >= 0.3 is 12.1 Å². The van der Waals surface area contributed by atoms with Crippen LogP contribution in [0.2, 0.25) is 0 Å². The summed E-state index contributed by atoms with van der Waals surface area (Å²) in [6.07, 6.45) is 6.91. The number of aryl methyl sites for hydroxylation is 1. The second-order valence-corrected chi connectivity index (χ2v) is 12.1. The number of amides is 1. The van der Waals surface area contributed by atoms with Gasteiger partial charge in [0.25, 0.3) is 0 Å². The molecule has 216 valence electrons. The molecule has 2 aromatic rings. The summed E-state index contributed by atoms with van der Waals surface area (Å²) in [5.41, 5.74) is 2.41. The van der Waals surface area contributed by atoms with Crippen LogP contribution < -0.4 is 4.90 Å². The molecule has 40 heavy (non-hydrogen) atoms. The molecule has 0 radical (unpaired) electrons. The average molecular weight is 550 g/mol. The third-order valence-electron chi connectivity index (χ3n) is 7.99. The van der Waals surface area contributed by atoms with Crippen LogP contribution in [-0.4, -0.2) is 95.4 Å². The van der Waals surface area contributed by atoms with Gasteiger partial charge in [-0.2, -0.15) is 0 Å². The van der Waals surface area contributed by atoms with E-state index in [0.29, 0.717) is 31.2 Å². The zero-order chi connectivity index (χ0) is 28.1. The molecule has 0 saturated carbocycles. The number of anilines is 1. The molecule has 9 heteroatoms. The van der Waals surface area contributed by atoms with Crippen LogP contribution in [0.5, 0.6) is 0 Å². The molecule has 2 unspecified atom stereocenters. The number of piperazine rings is 2. The van der Waals surface area contributed by atoms with Gasteiger partial charge in [0.05, 0.1) is 11.6 Å². The van der Waals surface area contributed by atoms with Gasteiger partial charge < -0.3 is 24.3 Å². The van der Waals surface area contributed by atoms with E-state index in [2.05, 4.69) is 26.9 Å². The van der Waals surface area contributed by atoms with Crippen molar-refractivity contribution in [2.24, 2.45) is 0 Å². The van der Waals surface area contributed by atoms with Crippen LogP contribution >= 0.6 is 0 Å². The predicted molar refractivity (Wildman–Crippen MR) is 154 cm³/mol. The van der Waals surface area contributed by atoms with E-state index in [-0.39, 0.29) is 18.1 Å². The van der Waals surface area contributed by atoms with Crippen molar-refractivity contribution in [3.05, 3.63) is 59.9 Å². The van der Waals surface area contributed by atoms with Crippen molar-refractivity contribution in [3.63, 3.8) is 0 Å². The van der Waals surface area contributed by atoms with Crippen LogP contribution in [0.1, 0.15) is 62.5 Å². The highest BCUT2D eigenvalue weighted by atomic mass is 16.7. The monoisotopic (exact) mass is 549 g/mol. The molecule has 9 nitrogen and oxygen atoms in total. The first-order chi connectivity index (χ1) is 19.2. The highest BCUT2D eigenvalue weighted by Crippen LogP contribution is 2.32.